The molecule has 1 heterocycles. The number of hydrogen-bond donors (Lipinski definition) is 1. The molecule has 4 heteroatoms. The van der Waals surface area contributed by atoms with Gasteiger partial charge in [-0.3, -0.25) is 9.59 Å². The van der Waals surface area contributed by atoms with Gasteiger partial charge in [-0.15, -0.1) is 0 Å². The van der Waals surface area contributed by atoms with E-state index in [2.05, 4.69) is 27.7 Å². The minimum atomic E-state index is -0.283. The number of rotatable bonds is 3. The first kappa shape index (κ1) is 18.3. The van der Waals surface area contributed by atoms with Crippen molar-refractivity contribution in [2.75, 3.05) is 0 Å². The van der Waals surface area contributed by atoms with Gasteiger partial charge in [0.2, 0.25) is 0 Å². The number of carbonyl (C=O) groups is 2. The van der Waals surface area contributed by atoms with Gasteiger partial charge in [0.15, 0.2) is 11.6 Å². The SMILES string of the molecule is CC1(C)CC(CCC2=CC(=O)C3CC=CC=C3C2=O)CC(C)(C)N1O. The van der Waals surface area contributed by atoms with Crippen molar-refractivity contribution >= 4 is 11.6 Å². The molecule has 1 aliphatic heterocycles. The zero-order valence-corrected chi connectivity index (χ0v) is 15.7. The van der Waals surface area contributed by atoms with Crippen LogP contribution in [0.2, 0.25) is 0 Å². The predicted octanol–water partition coefficient (Wildman–Crippen LogP) is 4.01. The summed E-state index contributed by atoms with van der Waals surface area (Å²) in [6.45, 7) is 8.22. The van der Waals surface area contributed by atoms with Crippen molar-refractivity contribution < 1.29 is 14.8 Å². The molecule has 0 spiro atoms. The standard InChI is InChI=1S/C21H29NO3/c1-20(2)12-14(13-21(3,4)22(20)25)9-10-15-11-18(23)16-7-5-6-8-17(16)19(15)24/h5-6,8,11,14,16,25H,7,9-10,12-13H2,1-4H3. The second kappa shape index (κ2) is 6.33. The summed E-state index contributed by atoms with van der Waals surface area (Å²) in [5.41, 5.74) is 0.755. The van der Waals surface area contributed by atoms with E-state index in [1.54, 1.807) is 12.2 Å². The summed E-state index contributed by atoms with van der Waals surface area (Å²) >= 11 is 0. The maximum Gasteiger partial charge on any atom is 0.185 e. The Hall–Kier alpha value is -1.52. The van der Waals surface area contributed by atoms with Crippen molar-refractivity contribution in [2.45, 2.75) is 70.9 Å². The van der Waals surface area contributed by atoms with E-state index < -0.39 is 0 Å². The number of allylic oxidation sites excluding steroid dienone is 6. The van der Waals surface area contributed by atoms with E-state index in [0.717, 1.165) is 19.3 Å². The number of ketones is 2. The van der Waals surface area contributed by atoms with E-state index in [1.165, 1.54) is 5.06 Å². The second-order valence-electron chi connectivity index (χ2n) is 8.99. The summed E-state index contributed by atoms with van der Waals surface area (Å²) < 4.78 is 0. The van der Waals surface area contributed by atoms with Crippen LogP contribution in [0.25, 0.3) is 0 Å². The average Bonchev–Trinajstić information content (AvgIpc) is 2.54. The molecule has 0 aromatic rings. The highest BCUT2D eigenvalue weighted by atomic mass is 16.5. The number of fused-ring (bicyclic) bond motifs is 1. The molecule has 3 aliphatic rings. The number of hydrogen-bond acceptors (Lipinski definition) is 4. The lowest BCUT2D eigenvalue weighted by molar-refractivity contribution is -0.251. The number of hydroxylamine groups is 2. The predicted molar refractivity (Wildman–Crippen MR) is 97.2 cm³/mol. The Morgan fingerprint density at radius 3 is 2.44 bits per heavy atom. The molecule has 1 fully saturated rings. The Labute approximate surface area is 150 Å². The van der Waals surface area contributed by atoms with Gasteiger partial charge in [-0.25, -0.2) is 0 Å². The van der Waals surface area contributed by atoms with Crippen molar-refractivity contribution in [2.24, 2.45) is 11.8 Å². The summed E-state index contributed by atoms with van der Waals surface area (Å²) in [7, 11) is 0. The van der Waals surface area contributed by atoms with Crippen LogP contribution in [0.4, 0.5) is 0 Å². The van der Waals surface area contributed by atoms with E-state index in [0.29, 0.717) is 29.9 Å². The molecule has 0 aromatic heterocycles. The lowest BCUT2D eigenvalue weighted by Gasteiger charge is -2.51. The first-order valence-electron chi connectivity index (χ1n) is 9.27. The Morgan fingerprint density at radius 1 is 1.16 bits per heavy atom. The van der Waals surface area contributed by atoms with Crippen LogP contribution in [0, 0.1) is 11.8 Å². The van der Waals surface area contributed by atoms with Gasteiger partial charge in [0, 0.05) is 22.2 Å². The zero-order valence-electron chi connectivity index (χ0n) is 15.7. The third-order valence-corrected chi connectivity index (χ3v) is 5.92. The van der Waals surface area contributed by atoms with E-state index in [9.17, 15) is 14.8 Å². The highest BCUT2D eigenvalue weighted by Crippen LogP contribution is 2.42. The number of Topliss-reactive ketones (excluding diaryl/α,β-unsaturated/α-hetero) is 1. The van der Waals surface area contributed by atoms with Crippen LogP contribution >= 0.6 is 0 Å². The molecule has 1 N–H and O–H groups in total. The van der Waals surface area contributed by atoms with Gasteiger partial charge >= 0.3 is 0 Å². The van der Waals surface area contributed by atoms with Gasteiger partial charge in [0.1, 0.15) is 0 Å². The normalized spacial score (nSPS) is 29.2. The van der Waals surface area contributed by atoms with Crippen LogP contribution in [0.15, 0.2) is 35.5 Å². The van der Waals surface area contributed by atoms with Gasteiger partial charge in [-0.1, -0.05) is 18.2 Å². The minimum absolute atomic E-state index is 0.0482. The van der Waals surface area contributed by atoms with Gasteiger partial charge in [-0.2, -0.15) is 5.06 Å². The van der Waals surface area contributed by atoms with Crippen molar-refractivity contribution in [1.29, 1.82) is 0 Å². The minimum Gasteiger partial charge on any atom is -0.313 e. The van der Waals surface area contributed by atoms with Crippen molar-refractivity contribution in [3.63, 3.8) is 0 Å². The topological polar surface area (TPSA) is 57.6 Å². The molecule has 136 valence electrons. The van der Waals surface area contributed by atoms with Crippen LogP contribution in [0.3, 0.4) is 0 Å². The molecular weight excluding hydrogens is 314 g/mol. The molecule has 0 aromatic carbocycles. The quantitative estimate of drug-likeness (QED) is 0.841. The van der Waals surface area contributed by atoms with Gasteiger partial charge in [0.25, 0.3) is 0 Å². The number of nitrogens with zero attached hydrogens (tertiary/aromatic N) is 1. The van der Waals surface area contributed by atoms with Crippen LogP contribution in [0.5, 0.6) is 0 Å². The Balaban J connectivity index is 1.70. The van der Waals surface area contributed by atoms with Gasteiger partial charge in [-0.05, 0) is 71.8 Å². The third kappa shape index (κ3) is 3.42. The summed E-state index contributed by atoms with van der Waals surface area (Å²) in [6.07, 6.45) is 11.1. The smallest absolute Gasteiger partial charge is 0.185 e. The molecule has 3 rings (SSSR count). The Kier molecular flexibility index (Phi) is 4.63. The molecule has 25 heavy (non-hydrogen) atoms. The first-order valence-corrected chi connectivity index (χ1v) is 9.27. The molecular formula is C21H29NO3. The second-order valence-corrected chi connectivity index (χ2v) is 8.99. The van der Waals surface area contributed by atoms with E-state index >= 15 is 0 Å². The largest absolute Gasteiger partial charge is 0.313 e. The maximum atomic E-state index is 12.7. The fourth-order valence-corrected chi connectivity index (χ4v) is 4.88. The lowest BCUT2D eigenvalue weighted by atomic mass is 9.72. The van der Waals surface area contributed by atoms with Gasteiger partial charge in [0.05, 0.1) is 5.92 Å². The molecule has 1 saturated heterocycles. The number of piperidine rings is 1. The molecule has 0 amide bonds. The van der Waals surface area contributed by atoms with Crippen molar-refractivity contribution in [3.05, 3.63) is 35.5 Å². The lowest BCUT2D eigenvalue weighted by Crippen LogP contribution is -2.58. The summed E-state index contributed by atoms with van der Waals surface area (Å²) in [4.78, 5) is 25.1. The molecule has 0 bridgehead atoms. The van der Waals surface area contributed by atoms with Crippen LogP contribution < -0.4 is 0 Å². The molecule has 4 nitrogen and oxygen atoms in total. The number of carbonyl (C=O) groups excluding carboxylic acids is 2. The Morgan fingerprint density at radius 2 is 1.80 bits per heavy atom. The molecule has 0 radical (unpaired) electrons. The van der Waals surface area contributed by atoms with Crippen molar-refractivity contribution in [3.8, 4) is 0 Å². The Bertz CT molecular complexity index is 663. The van der Waals surface area contributed by atoms with E-state index in [4.69, 9.17) is 0 Å². The van der Waals surface area contributed by atoms with Crippen LogP contribution in [-0.4, -0.2) is 32.9 Å². The van der Waals surface area contributed by atoms with E-state index in [-0.39, 0.29) is 28.6 Å². The van der Waals surface area contributed by atoms with Crippen molar-refractivity contribution in [1.82, 2.24) is 5.06 Å². The summed E-state index contributed by atoms with van der Waals surface area (Å²) in [5.74, 6) is 0.273. The third-order valence-electron chi connectivity index (χ3n) is 5.92. The molecule has 2 aliphatic carbocycles. The zero-order chi connectivity index (χ0) is 18.4. The fourth-order valence-electron chi connectivity index (χ4n) is 4.88. The first-order chi connectivity index (χ1) is 11.6. The van der Waals surface area contributed by atoms with Crippen LogP contribution in [-0.2, 0) is 9.59 Å². The fraction of sp³-hybridized carbons (Fsp3) is 0.619. The molecule has 1 unspecified atom stereocenters. The molecule has 0 saturated carbocycles. The average molecular weight is 343 g/mol. The highest BCUT2D eigenvalue weighted by Gasteiger charge is 2.45. The summed E-state index contributed by atoms with van der Waals surface area (Å²) in [5, 5.41) is 11.9. The van der Waals surface area contributed by atoms with Crippen LogP contribution in [0.1, 0.15) is 59.8 Å². The summed E-state index contributed by atoms with van der Waals surface area (Å²) in [6, 6.07) is 0. The maximum absolute atomic E-state index is 12.7. The monoisotopic (exact) mass is 343 g/mol. The molecule has 1 atom stereocenters. The highest BCUT2D eigenvalue weighted by molar-refractivity contribution is 6.19. The van der Waals surface area contributed by atoms with E-state index in [1.807, 2.05) is 12.2 Å². The van der Waals surface area contributed by atoms with Gasteiger partial charge < -0.3 is 5.21 Å².